The molecule has 0 bridgehead atoms. The van der Waals surface area contributed by atoms with Crippen LogP contribution >= 0.6 is 27.5 Å². The SMILES string of the molecule is CC(Br)C(=O)C(C)OCc1ccc(Cl)cc1. The lowest BCUT2D eigenvalue weighted by atomic mass is 10.2. The molecule has 0 amide bonds. The van der Waals surface area contributed by atoms with Crippen molar-refractivity contribution in [1.82, 2.24) is 0 Å². The monoisotopic (exact) mass is 304 g/mol. The van der Waals surface area contributed by atoms with Crippen molar-refractivity contribution in [3.8, 4) is 0 Å². The van der Waals surface area contributed by atoms with Crippen LogP contribution in [0, 0.1) is 0 Å². The Kier molecular flexibility index (Phi) is 5.46. The van der Waals surface area contributed by atoms with Gasteiger partial charge in [-0.3, -0.25) is 4.79 Å². The van der Waals surface area contributed by atoms with Crippen molar-refractivity contribution in [2.75, 3.05) is 0 Å². The molecule has 0 fully saturated rings. The standard InChI is InChI=1S/C12H14BrClO2/c1-8(13)12(15)9(2)16-7-10-3-5-11(14)6-4-10/h3-6,8-9H,7H2,1-2H3. The second kappa shape index (κ2) is 6.38. The van der Waals surface area contributed by atoms with Gasteiger partial charge in [0.05, 0.1) is 11.4 Å². The first-order chi connectivity index (χ1) is 7.50. The van der Waals surface area contributed by atoms with E-state index in [9.17, 15) is 4.79 Å². The minimum Gasteiger partial charge on any atom is -0.366 e. The molecule has 1 aromatic carbocycles. The number of halogens is 2. The minimum absolute atomic E-state index is 0.0500. The number of carbonyl (C=O) groups is 1. The van der Waals surface area contributed by atoms with Gasteiger partial charge in [-0.1, -0.05) is 39.7 Å². The maximum atomic E-state index is 11.5. The summed E-state index contributed by atoms with van der Waals surface area (Å²) in [4.78, 5) is 11.4. The molecular formula is C12H14BrClO2. The largest absolute Gasteiger partial charge is 0.366 e. The Morgan fingerprint density at radius 2 is 1.94 bits per heavy atom. The van der Waals surface area contributed by atoms with Gasteiger partial charge in [-0.25, -0.2) is 0 Å². The summed E-state index contributed by atoms with van der Waals surface area (Å²) in [5.41, 5.74) is 1.01. The van der Waals surface area contributed by atoms with Crippen molar-refractivity contribution in [3.63, 3.8) is 0 Å². The van der Waals surface area contributed by atoms with Crippen LogP contribution in [0.15, 0.2) is 24.3 Å². The molecule has 0 saturated carbocycles. The number of rotatable bonds is 5. The molecule has 2 atom stereocenters. The van der Waals surface area contributed by atoms with E-state index in [1.165, 1.54) is 0 Å². The summed E-state index contributed by atoms with van der Waals surface area (Å²) in [6.07, 6.45) is -0.398. The summed E-state index contributed by atoms with van der Waals surface area (Å²) in [5.74, 6) is 0.0500. The molecule has 16 heavy (non-hydrogen) atoms. The maximum absolute atomic E-state index is 11.5. The van der Waals surface area contributed by atoms with Gasteiger partial charge in [-0.2, -0.15) is 0 Å². The molecule has 2 unspecified atom stereocenters. The van der Waals surface area contributed by atoms with Crippen LogP contribution in [0.2, 0.25) is 5.02 Å². The van der Waals surface area contributed by atoms with E-state index in [-0.39, 0.29) is 10.6 Å². The first-order valence-corrected chi connectivity index (χ1v) is 6.34. The molecule has 88 valence electrons. The van der Waals surface area contributed by atoms with Crippen LogP contribution < -0.4 is 0 Å². The number of hydrogen-bond donors (Lipinski definition) is 0. The van der Waals surface area contributed by atoms with Gasteiger partial charge in [0.25, 0.3) is 0 Å². The van der Waals surface area contributed by atoms with Crippen LogP contribution in [0.1, 0.15) is 19.4 Å². The highest BCUT2D eigenvalue weighted by Gasteiger charge is 2.17. The highest BCUT2D eigenvalue weighted by atomic mass is 79.9. The number of ketones is 1. The Morgan fingerprint density at radius 3 is 2.44 bits per heavy atom. The molecule has 0 aliphatic heterocycles. The summed E-state index contributed by atoms with van der Waals surface area (Å²) in [6.45, 7) is 3.98. The van der Waals surface area contributed by atoms with Gasteiger partial charge >= 0.3 is 0 Å². The van der Waals surface area contributed by atoms with E-state index >= 15 is 0 Å². The Bertz CT molecular complexity index is 349. The topological polar surface area (TPSA) is 26.3 Å². The van der Waals surface area contributed by atoms with Gasteiger partial charge in [0.15, 0.2) is 5.78 Å². The van der Waals surface area contributed by atoms with Crippen LogP contribution in [-0.4, -0.2) is 16.7 Å². The first-order valence-electron chi connectivity index (χ1n) is 5.04. The summed E-state index contributed by atoms with van der Waals surface area (Å²) in [7, 11) is 0. The molecule has 2 nitrogen and oxygen atoms in total. The smallest absolute Gasteiger partial charge is 0.174 e. The van der Waals surface area contributed by atoms with Gasteiger partial charge in [-0.15, -0.1) is 0 Å². The lowest BCUT2D eigenvalue weighted by molar-refractivity contribution is -0.129. The molecular weight excluding hydrogens is 291 g/mol. The van der Waals surface area contributed by atoms with Crippen molar-refractivity contribution < 1.29 is 9.53 Å². The Morgan fingerprint density at radius 1 is 1.38 bits per heavy atom. The van der Waals surface area contributed by atoms with Crippen molar-refractivity contribution in [2.45, 2.75) is 31.4 Å². The second-order valence-corrected chi connectivity index (χ2v) is 5.41. The average Bonchev–Trinajstić information content (AvgIpc) is 2.26. The fourth-order valence-corrected chi connectivity index (χ4v) is 1.71. The zero-order valence-corrected chi connectivity index (χ0v) is 11.6. The van der Waals surface area contributed by atoms with Crippen molar-refractivity contribution >= 4 is 33.3 Å². The van der Waals surface area contributed by atoms with Crippen molar-refractivity contribution in [1.29, 1.82) is 0 Å². The Balaban J connectivity index is 2.45. The van der Waals surface area contributed by atoms with E-state index in [0.717, 1.165) is 5.56 Å². The average molecular weight is 306 g/mol. The van der Waals surface area contributed by atoms with Crippen LogP contribution in [0.25, 0.3) is 0 Å². The van der Waals surface area contributed by atoms with Gasteiger partial charge in [0, 0.05) is 5.02 Å². The van der Waals surface area contributed by atoms with Crippen LogP contribution in [-0.2, 0) is 16.1 Å². The number of ether oxygens (including phenoxy) is 1. The van der Waals surface area contributed by atoms with Gasteiger partial charge in [0.2, 0.25) is 0 Å². The molecule has 0 aliphatic carbocycles. The van der Waals surface area contributed by atoms with Crippen molar-refractivity contribution in [2.24, 2.45) is 0 Å². The van der Waals surface area contributed by atoms with E-state index in [4.69, 9.17) is 16.3 Å². The molecule has 0 heterocycles. The number of hydrogen-bond acceptors (Lipinski definition) is 2. The second-order valence-electron chi connectivity index (χ2n) is 3.60. The van der Waals surface area contributed by atoms with E-state index in [0.29, 0.717) is 11.6 Å². The van der Waals surface area contributed by atoms with E-state index < -0.39 is 6.10 Å². The number of benzene rings is 1. The summed E-state index contributed by atoms with van der Waals surface area (Å²) in [5, 5.41) is 0.696. The zero-order chi connectivity index (χ0) is 12.1. The third kappa shape index (κ3) is 4.24. The van der Waals surface area contributed by atoms with Crippen LogP contribution in [0.3, 0.4) is 0 Å². The predicted octanol–water partition coefficient (Wildman–Crippen LogP) is 3.60. The zero-order valence-electron chi connectivity index (χ0n) is 9.24. The van der Waals surface area contributed by atoms with E-state index in [1.807, 2.05) is 12.1 Å². The quantitative estimate of drug-likeness (QED) is 0.777. The van der Waals surface area contributed by atoms with E-state index in [1.54, 1.807) is 26.0 Å². The molecule has 1 rings (SSSR count). The predicted molar refractivity (Wildman–Crippen MR) is 69.1 cm³/mol. The Labute approximate surface area is 109 Å². The summed E-state index contributed by atoms with van der Waals surface area (Å²) >= 11 is 8.99. The molecule has 0 aromatic heterocycles. The molecule has 4 heteroatoms. The highest BCUT2D eigenvalue weighted by Crippen LogP contribution is 2.12. The molecule has 1 aromatic rings. The maximum Gasteiger partial charge on any atom is 0.174 e. The van der Waals surface area contributed by atoms with Crippen molar-refractivity contribution in [3.05, 3.63) is 34.9 Å². The van der Waals surface area contributed by atoms with E-state index in [2.05, 4.69) is 15.9 Å². The Hall–Kier alpha value is -0.380. The minimum atomic E-state index is -0.398. The number of Topliss-reactive ketones (excluding diaryl/α,β-unsaturated/α-hetero) is 1. The fraction of sp³-hybridized carbons (Fsp3) is 0.417. The summed E-state index contributed by atoms with van der Waals surface area (Å²) in [6, 6.07) is 7.38. The molecule has 0 spiro atoms. The third-order valence-electron chi connectivity index (χ3n) is 2.21. The third-order valence-corrected chi connectivity index (χ3v) is 2.91. The van der Waals surface area contributed by atoms with Gasteiger partial charge in [0.1, 0.15) is 6.10 Å². The number of alkyl halides is 1. The summed E-state index contributed by atoms with van der Waals surface area (Å²) < 4.78 is 5.47. The van der Waals surface area contributed by atoms with Gasteiger partial charge in [-0.05, 0) is 31.5 Å². The molecule has 0 radical (unpaired) electrons. The first kappa shape index (κ1) is 13.7. The lowest BCUT2D eigenvalue weighted by Gasteiger charge is -2.13. The fourth-order valence-electron chi connectivity index (χ4n) is 1.21. The highest BCUT2D eigenvalue weighted by molar-refractivity contribution is 9.10. The van der Waals surface area contributed by atoms with Gasteiger partial charge < -0.3 is 4.74 Å². The lowest BCUT2D eigenvalue weighted by Crippen LogP contribution is -2.26. The molecule has 0 saturated heterocycles. The normalized spacial score (nSPS) is 14.5. The molecule has 0 aliphatic rings. The van der Waals surface area contributed by atoms with Crippen LogP contribution in [0.5, 0.6) is 0 Å². The molecule has 0 N–H and O–H groups in total. The van der Waals surface area contributed by atoms with Crippen LogP contribution in [0.4, 0.5) is 0 Å². The number of carbonyl (C=O) groups excluding carboxylic acids is 1.